The maximum absolute atomic E-state index is 10.9. The van der Waals surface area contributed by atoms with Crippen LogP contribution in [0.3, 0.4) is 0 Å². The topological polar surface area (TPSA) is 90.1 Å². The van der Waals surface area contributed by atoms with Gasteiger partial charge in [-0.1, -0.05) is 0 Å². The third-order valence-corrected chi connectivity index (χ3v) is 2.28. The quantitative estimate of drug-likeness (QED) is 0.647. The van der Waals surface area contributed by atoms with Gasteiger partial charge < -0.3 is 15.4 Å². The fourth-order valence-electron chi connectivity index (χ4n) is 0.966. The summed E-state index contributed by atoms with van der Waals surface area (Å²) in [5.74, 6) is -0.379. The first-order valence-corrected chi connectivity index (χ1v) is 4.92. The van der Waals surface area contributed by atoms with Crippen LogP contribution in [0, 0.1) is 10.1 Å². The maximum Gasteiger partial charge on any atom is 0.404 e. The van der Waals surface area contributed by atoms with Crippen LogP contribution in [0.1, 0.15) is 6.42 Å². The summed E-state index contributed by atoms with van der Waals surface area (Å²) in [4.78, 5) is 20.8. The Morgan fingerprint density at radius 2 is 2.47 bits per heavy atom. The molecule has 0 radical (unpaired) electrons. The largest absolute Gasteiger partial charge is 0.404 e. The minimum absolute atomic E-state index is 0.135. The van der Waals surface area contributed by atoms with Crippen molar-refractivity contribution < 1.29 is 9.72 Å². The van der Waals surface area contributed by atoms with Gasteiger partial charge in [0.1, 0.15) is 4.47 Å². The number of amides is 1. The summed E-state index contributed by atoms with van der Waals surface area (Å²) >= 11 is 3.02. The Labute approximate surface area is 93.7 Å². The summed E-state index contributed by atoms with van der Waals surface area (Å²) in [6, 6.07) is 0. The molecule has 0 spiro atoms. The van der Waals surface area contributed by atoms with Crippen molar-refractivity contribution in [2.45, 2.75) is 13.0 Å². The number of nitrogens with zero attached hydrogens (tertiary/aromatic N) is 3. The molecule has 0 saturated carbocycles. The Balaban J connectivity index is 2.67. The van der Waals surface area contributed by atoms with E-state index in [-0.39, 0.29) is 18.1 Å². The van der Waals surface area contributed by atoms with Crippen LogP contribution < -0.4 is 5.32 Å². The Kier molecular flexibility index (Phi) is 3.78. The van der Waals surface area contributed by atoms with Gasteiger partial charge in [-0.25, -0.2) is 0 Å². The van der Waals surface area contributed by atoms with E-state index in [1.165, 1.54) is 17.9 Å². The average molecular weight is 277 g/mol. The van der Waals surface area contributed by atoms with Gasteiger partial charge in [-0.2, -0.15) is 4.68 Å². The van der Waals surface area contributed by atoms with Gasteiger partial charge in [0.25, 0.3) is 0 Å². The van der Waals surface area contributed by atoms with Gasteiger partial charge in [0.2, 0.25) is 5.91 Å². The normalized spacial score (nSPS) is 10.0. The van der Waals surface area contributed by atoms with Gasteiger partial charge in [-0.05, 0) is 20.9 Å². The van der Waals surface area contributed by atoms with E-state index in [4.69, 9.17) is 0 Å². The van der Waals surface area contributed by atoms with E-state index in [0.29, 0.717) is 11.0 Å². The molecule has 7 nitrogen and oxygen atoms in total. The van der Waals surface area contributed by atoms with Crippen LogP contribution in [0.4, 0.5) is 5.82 Å². The molecule has 0 aromatic carbocycles. The molecule has 0 fully saturated rings. The predicted molar refractivity (Wildman–Crippen MR) is 55.3 cm³/mol. The van der Waals surface area contributed by atoms with E-state index in [1.807, 2.05) is 0 Å². The summed E-state index contributed by atoms with van der Waals surface area (Å²) in [5.41, 5.74) is 0. The molecule has 0 unspecified atom stereocenters. The number of rotatable bonds is 4. The van der Waals surface area contributed by atoms with Crippen molar-refractivity contribution in [3.8, 4) is 0 Å². The molecular weight excluding hydrogens is 268 g/mol. The molecule has 1 aromatic rings. The zero-order chi connectivity index (χ0) is 11.4. The molecule has 1 rings (SSSR count). The summed E-state index contributed by atoms with van der Waals surface area (Å²) < 4.78 is 1.67. The number of hydrogen-bond donors (Lipinski definition) is 1. The standard InChI is InChI=1S/C7H9BrN4O3/c1-9-6(13)2-3-11-4-5(8)7(10-11)12(14)15/h4H,2-3H2,1H3,(H,9,13). The summed E-state index contributed by atoms with van der Waals surface area (Å²) in [6.07, 6.45) is 1.71. The highest BCUT2D eigenvalue weighted by Crippen LogP contribution is 2.21. The lowest BCUT2D eigenvalue weighted by molar-refractivity contribution is -0.390. The first-order chi connectivity index (χ1) is 7.04. The molecule has 82 valence electrons. The first-order valence-electron chi connectivity index (χ1n) is 4.12. The average Bonchev–Trinajstić information content (AvgIpc) is 2.56. The van der Waals surface area contributed by atoms with Gasteiger partial charge in [0.15, 0.2) is 0 Å². The zero-order valence-electron chi connectivity index (χ0n) is 7.94. The van der Waals surface area contributed by atoms with Gasteiger partial charge in [0.05, 0.1) is 17.8 Å². The van der Waals surface area contributed by atoms with Crippen LogP contribution in [0.15, 0.2) is 10.7 Å². The Bertz CT molecular complexity index is 390. The molecule has 0 aliphatic carbocycles. The summed E-state index contributed by atoms with van der Waals surface area (Å²) in [5, 5.41) is 16.6. The summed E-state index contributed by atoms with van der Waals surface area (Å²) in [7, 11) is 1.53. The molecule has 0 aliphatic rings. The molecule has 0 aliphatic heterocycles. The molecule has 0 saturated heterocycles. The maximum atomic E-state index is 10.9. The van der Waals surface area contributed by atoms with E-state index in [1.54, 1.807) is 0 Å². The van der Waals surface area contributed by atoms with Gasteiger partial charge in [0, 0.05) is 13.5 Å². The van der Waals surface area contributed by atoms with E-state index in [0.717, 1.165) is 0 Å². The van der Waals surface area contributed by atoms with Gasteiger partial charge in [-0.3, -0.25) is 4.79 Å². The smallest absolute Gasteiger partial charge is 0.359 e. The molecule has 0 atom stereocenters. The van der Waals surface area contributed by atoms with Crippen molar-refractivity contribution in [1.29, 1.82) is 0 Å². The Morgan fingerprint density at radius 1 is 1.80 bits per heavy atom. The minimum Gasteiger partial charge on any atom is -0.359 e. The lowest BCUT2D eigenvalue weighted by Crippen LogP contribution is -2.19. The van der Waals surface area contributed by atoms with Crippen LogP contribution in [0.2, 0.25) is 0 Å². The van der Waals surface area contributed by atoms with Crippen molar-refractivity contribution in [2.24, 2.45) is 0 Å². The van der Waals surface area contributed by atoms with Crippen LogP contribution in [-0.2, 0) is 11.3 Å². The molecule has 1 amide bonds. The Hall–Kier alpha value is -1.44. The van der Waals surface area contributed by atoms with E-state index in [2.05, 4.69) is 26.3 Å². The number of aromatic nitrogens is 2. The Morgan fingerprint density at radius 3 is 2.93 bits per heavy atom. The van der Waals surface area contributed by atoms with Crippen LogP contribution in [-0.4, -0.2) is 27.7 Å². The lowest BCUT2D eigenvalue weighted by Gasteiger charge is -1.96. The third-order valence-electron chi connectivity index (χ3n) is 1.72. The van der Waals surface area contributed by atoms with Crippen LogP contribution in [0.5, 0.6) is 0 Å². The third kappa shape index (κ3) is 3.01. The molecule has 8 heteroatoms. The number of halogens is 1. The summed E-state index contributed by atoms with van der Waals surface area (Å²) in [6.45, 7) is 0.312. The fourth-order valence-corrected chi connectivity index (χ4v) is 1.43. The number of nitro groups is 1. The van der Waals surface area contributed by atoms with Crippen LogP contribution in [0.25, 0.3) is 0 Å². The number of hydrogen-bond acceptors (Lipinski definition) is 4. The van der Waals surface area contributed by atoms with Crippen molar-refractivity contribution in [2.75, 3.05) is 7.05 Å². The van der Waals surface area contributed by atoms with E-state index >= 15 is 0 Å². The fraction of sp³-hybridized carbons (Fsp3) is 0.429. The van der Waals surface area contributed by atoms with Gasteiger partial charge >= 0.3 is 5.82 Å². The monoisotopic (exact) mass is 276 g/mol. The molecule has 0 bridgehead atoms. The molecule has 1 N–H and O–H groups in total. The lowest BCUT2D eigenvalue weighted by atomic mass is 10.4. The first kappa shape index (κ1) is 11.6. The van der Waals surface area contributed by atoms with Crippen molar-refractivity contribution in [1.82, 2.24) is 15.1 Å². The second kappa shape index (κ2) is 4.87. The second-order valence-corrected chi connectivity index (χ2v) is 3.60. The van der Waals surface area contributed by atoms with Crippen LogP contribution >= 0.6 is 15.9 Å². The zero-order valence-corrected chi connectivity index (χ0v) is 9.52. The van der Waals surface area contributed by atoms with Gasteiger partial charge in [-0.15, -0.1) is 0 Å². The molecular formula is C7H9BrN4O3. The number of aryl methyl sites for hydroxylation is 1. The second-order valence-electron chi connectivity index (χ2n) is 2.74. The van der Waals surface area contributed by atoms with E-state index in [9.17, 15) is 14.9 Å². The molecule has 1 aromatic heterocycles. The predicted octanol–water partition coefficient (Wildman–Crippen LogP) is 0.690. The van der Waals surface area contributed by atoms with Crippen molar-refractivity contribution in [3.05, 3.63) is 20.8 Å². The minimum atomic E-state index is -0.583. The van der Waals surface area contributed by atoms with E-state index < -0.39 is 4.92 Å². The molecule has 15 heavy (non-hydrogen) atoms. The highest BCUT2D eigenvalue weighted by atomic mass is 79.9. The SMILES string of the molecule is CNC(=O)CCn1cc(Br)c([N+](=O)[O-])n1. The van der Waals surface area contributed by atoms with Crippen molar-refractivity contribution in [3.63, 3.8) is 0 Å². The van der Waals surface area contributed by atoms with Crippen molar-refractivity contribution >= 4 is 27.7 Å². The highest BCUT2D eigenvalue weighted by molar-refractivity contribution is 9.10. The number of carbonyl (C=O) groups excluding carboxylic acids is 1. The number of nitrogens with one attached hydrogen (secondary N) is 1. The molecule has 1 heterocycles. The number of carbonyl (C=O) groups is 1. The highest BCUT2D eigenvalue weighted by Gasteiger charge is 2.18.